The largest absolute Gasteiger partial charge is 0.347 e. The molecule has 2 fully saturated rings. The number of hydrogen-bond donors (Lipinski definition) is 2. The molecule has 20 heavy (non-hydrogen) atoms. The third-order valence-corrected chi connectivity index (χ3v) is 3.87. The number of ether oxygens (including phenoxy) is 2. The Labute approximate surface area is 119 Å². The van der Waals surface area contributed by atoms with Gasteiger partial charge in [-0.25, -0.2) is 4.79 Å². The second-order valence-electron chi connectivity index (χ2n) is 5.17. The molecule has 3 amide bonds. The number of nitrogens with zero attached hydrogens (tertiary/aromatic N) is 1. The Morgan fingerprint density at radius 3 is 2.40 bits per heavy atom. The van der Waals surface area contributed by atoms with E-state index in [-0.39, 0.29) is 11.9 Å². The van der Waals surface area contributed by atoms with Crippen molar-refractivity contribution < 1.29 is 19.1 Å². The van der Waals surface area contributed by atoms with Crippen LogP contribution in [0.1, 0.15) is 26.7 Å². The first-order valence-corrected chi connectivity index (χ1v) is 7.17. The van der Waals surface area contributed by atoms with Gasteiger partial charge in [-0.05, 0) is 13.8 Å². The average Bonchev–Trinajstić information content (AvgIpc) is 2.87. The van der Waals surface area contributed by atoms with E-state index in [0.29, 0.717) is 19.8 Å². The van der Waals surface area contributed by atoms with Crippen LogP contribution in [0.4, 0.5) is 4.79 Å². The fraction of sp³-hybridized carbons (Fsp3) is 0.846. The van der Waals surface area contributed by atoms with Gasteiger partial charge in [0.2, 0.25) is 5.91 Å². The molecule has 1 atom stereocenters. The van der Waals surface area contributed by atoms with Crippen LogP contribution < -0.4 is 10.6 Å². The molecular formula is C13H23N3O4. The van der Waals surface area contributed by atoms with Gasteiger partial charge < -0.3 is 14.8 Å². The van der Waals surface area contributed by atoms with Crippen LogP contribution in [0.5, 0.6) is 0 Å². The summed E-state index contributed by atoms with van der Waals surface area (Å²) in [5.74, 6) is -0.716. The summed E-state index contributed by atoms with van der Waals surface area (Å²) in [5, 5.41) is 4.89. The number of hydrogen-bond acceptors (Lipinski definition) is 5. The lowest BCUT2D eigenvalue weighted by Gasteiger charge is -2.39. The minimum Gasteiger partial charge on any atom is -0.347 e. The molecule has 2 aliphatic heterocycles. The summed E-state index contributed by atoms with van der Waals surface area (Å²) in [4.78, 5) is 25.4. The molecule has 1 spiro atoms. The van der Waals surface area contributed by atoms with Gasteiger partial charge in [-0.3, -0.25) is 15.0 Å². The Bertz CT molecular complexity index is 359. The van der Waals surface area contributed by atoms with Crippen molar-refractivity contribution in [1.29, 1.82) is 0 Å². The first-order valence-electron chi connectivity index (χ1n) is 7.17. The van der Waals surface area contributed by atoms with Crippen LogP contribution in [0.15, 0.2) is 0 Å². The topological polar surface area (TPSA) is 79.9 Å². The first kappa shape index (κ1) is 15.2. The van der Waals surface area contributed by atoms with E-state index in [4.69, 9.17) is 9.47 Å². The zero-order chi connectivity index (χ0) is 14.6. The molecule has 0 aromatic heterocycles. The number of likely N-dealkylation sites (tertiary alicyclic amines) is 1. The number of piperidine rings is 1. The van der Waals surface area contributed by atoms with Crippen molar-refractivity contribution in [2.24, 2.45) is 0 Å². The molecule has 0 saturated carbocycles. The molecule has 2 rings (SSSR count). The molecule has 1 unspecified atom stereocenters. The standard InChI is InChI=1S/C13H23N3O4/c1-3-14-12(18)15-11(17)10(2)16-6-4-13(5-7-16)19-8-9-20-13/h10H,3-9H2,1-2H3,(H2,14,15,17,18). The van der Waals surface area contributed by atoms with E-state index in [0.717, 1.165) is 25.9 Å². The van der Waals surface area contributed by atoms with Gasteiger partial charge in [0.15, 0.2) is 5.79 Å². The second kappa shape index (κ2) is 6.51. The van der Waals surface area contributed by atoms with Gasteiger partial charge in [0.1, 0.15) is 0 Å². The zero-order valence-corrected chi connectivity index (χ0v) is 12.1. The third-order valence-electron chi connectivity index (χ3n) is 3.87. The summed E-state index contributed by atoms with van der Waals surface area (Å²) >= 11 is 0. The fourth-order valence-corrected chi connectivity index (χ4v) is 2.62. The van der Waals surface area contributed by atoms with Gasteiger partial charge in [-0.1, -0.05) is 0 Å². The van der Waals surface area contributed by atoms with Crippen molar-refractivity contribution in [2.75, 3.05) is 32.8 Å². The lowest BCUT2D eigenvalue weighted by Crippen LogP contribution is -2.54. The summed E-state index contributed by atoms with van der Waals surface area (Å²) in [6.07, 6.45) is 1.51. The van der Waals surface area contributed by atoms with Crippen LogP contribution in [0, 0.1) is 0 Å². The average molecular weight is 285 g/mol. The Hall–Kier alpha value is -1.18. The molecule has 0 bridgehead atoms. The Balaban J connectivity index is 1.80. The van der Waals surface area contributed by atoms with Crippen molar-refractivity contribution in [3.63, 3.8) is 0 Å². The minimum atomic E-state index is -0.444. The fourth-order valence-electron chi connectivity index (χ4n) is 2.62. The van der Waals surface area contributed by atoms with Crippen LogP contribution in [-0.2, 0) is 14.3 Å². The van der Waals surface area contributed by atoms with Gasteiger partial charge >= 0.3 is 6.03 Å². The van der Waals surface area contributed by atoms with Crippen molar-refractivity contribution in [2.45, 2.75) is 38.5 Å². The second-order valence-corrected chi connectivity index (χ2v) is 5.17. The highest BCUT2D eigenvalue weighted by atomic mass is 16.7. The van der Waals surface area contributed by atoms with Crippen molar-refractivity contribution in [3.05, 3.63) is 0 Å². The number of nitrogens with one attached hydrogen (secondary N) is 2. The molecule has 0 aromatic rings. The van der Waals surface area contributed by atoms with E-state index in [1.165, 1.54) is 0 Å². The van der Waals surface area contributed by atoms with Gasteiger partial charge in [-0.15, -0.1) is 0 Å². The van der Waals surface area contributed by atoms with E-state index in [2.05, 4.69) is 10.6 Å². The highest BCUT2D eigenvalue weighted by molar-refractivity contribution is 5.96. The lowest BCUT2D eigenvalue weighted by molar-refractivity contribution is -0.188. The number of rotatable bonds is 3. The smallest absolute Gasteiger partial charge is 0.321 e. The van der Waals surface area contributed by atoms with Crippen molar-refractivity contribution in [3.8, 4) is 0 Å². The maximum atomic E-state index is 12.0. The molecule has 2 N–H and O–H groups in total. The first-order chi connectivity index (χ1) is 9.56. The van der Waals surface area contributed by atoms with E-state index in [1.54, 1.807) is 6.92 Å². The predicted molar refractivity (Wildman–Crippen MR) is 72.1 cm³/mol. The molecule has 0 radical (unpaired) electrons. The molecule has 0 aromatic carbocycles. The number of carbonyl (C=O) groups excluding carboxylic acids is 2. The number of amides is 3. The molecule has 2 heterocycles. The molecular weight excluding hydrogens is 262 g/mol. The Morgan fingerprint density at radius 1 is 1.25 bits per heavy atom. The molecule has 7 nitrogen and oxygen atoms in total. The van der Waals surface area contributed by atoms with E-state index >= 15 is 0 Å². The van der Waals surface area contributed by atoms with Crippen molar-refractivity contribution in [1.82, 2.24) is 15.5 Å². The van der Waals surface area contributed by atoms with Crippen LogP contribution >= 0.6 is 0 Å². The van der Waals surface area contributed by atoms with Crippen LogP contribution in [0.25, 0.3) is 0 Å². The predicted octanol–water partition coefficient (Wildman–Crippen LogP) is 0.0595. The lowest BCUT2D eigenvalue weighted by atomic mass is 10.0. The Kier molecular flexibility index (Phi) is 4.95. The summed E-state index contributed by atoms with van der Waals surface area (Å²) in [7, 11) is 0. The maximum absolute atomic E-state index is 12.0. The van der Waals surface area contributed by atoms with Crippen molar-refractivity contribution >= 4 is 11.9 Å². The molecule has 0 aliphatic carbocycles. The quantitative estimate of drug-likeness (QED) is 0.766. The SMILES string of the molecule is CCNC(=O)NC(=O)C(C)N1CCC2(CC1)OCCO2. The van der Waals surface area contributed by atoms with Gasteiger partial charge in [0, 0.05) is 32.5 Å². The van der Waals surface area contributed by atoms with E-state index in [9.17, 15) is 9.59 Å². The molecule has 114 valence electrons. The highest BCUT2D eigenvalue weighted by Crippen LogP contribution is 2.31. The van der Waals surface area contributed by atoms with E-state index in [1.807, 2.05) is 11.8 Å². The third kappa shape index (κ3) is 3.47. The molecule has 2 saturated heterocycles. The number of urea groups is 1. The van der Waals surface area contributed by atoms with Crippen LogP contribution in [0.3, 0.4) is 0 Å². The van der Waals surface area contributed by atoms with Gasteiger partial charge in [0.25, 0.3) is 0 Å². The highest BCUT2D eigenvalue weighted by Gasteiger charge is 2.41. The summed E-state index contributed by atoms with van der Waals surface area (Å²) in [6, 6.07) is -0.781. The molecule has 7 heteroatoms. The van der Waals surface area contributed by atoms with E-state index < -0.39 is 11.8 Å². The van der Waals surface area contributed by atoms with Gasteiger partial charge in [0.05, 0.1) is 19.3 Å². The zero-order valence-electron chi connectivity index (χ0n) is 12.1. The van der Waals surface area contributed by atoms with Crippen LogP contribution in [0.2, 0.25) is 0 Å². The minimum absolute atomic E-state index is 0.278. The summed E-state index contributed by atoms with van der Waals surface area (Å²) in [5.41, 5.74) is 0. The maximum Gasteiger partial charge on any atom is 0.321 e. The number of carbonyl (C=O) groups is 2. The Morgan fingerprint density at radius 2 is 1.85 bits per heavy atom. The number of imide groups is 1. The normalized spacial score (nSPS) is 23.5. The van der Waals surface area contributed by atoms with Crippen LogP contribution in [-0.4, -0.2) is 61.5 Å². The molecule has 2 aliphatic rings. The monoisotopic (exact) mass is 285 g/mol. The summed E-state index contributed by atoms with van der Waals surface area (Å²) < 4.78 is 11.3. The van der Waals surface area contributed by atoms with Gasteiger partial charge in [-0.2, -0.15) is 0 Å². The summed E-state index contributed by atoms with van der Waals surface area (Å²) in [6.45, 7) is 6.85.